The number of hydrogen-bond acceptors (Lipinski definition) is 6. The van der Waals surface area contributed by atoms with Crippen LogP contribution in [0.15, 0.2) is 17.7 Å². The van der Waals surface area contributed by atoms with Gasteiger partial charge in [-0.1, -0.05) is 32.4 Å². The highest BCUT2D eigenvalue weighted by atomic mass is 32.1. The Balaban J connectivity index is 1.58. The first-order chi connectivity index (χ1) is 17.0. The lowest BCUT2D eigenvalue weighted by molar-refractivity contribution is -0.124. The molecule has 0 aromatic carbocycles. The Morgan fingerprint density at radius 1 is 1.22 bits per heavy atom. The summed E-state index contributed by atoms with van der Waals surface area (Å²) in [5.41, 5.74) is 0.668. The highest BCUT2D eigenvalue weighted by Crippen LogP contribution is 2.42. The number of carboxylic acid groups (broad SMARTS) is 1. The SMILES string of the molecule is CC1=CCC(C(=O)N(c2cc(C(C)(C)C)sc2C(=O)O)[C@H]2CC[C@](O)(CO[C@H]3CCOC3)CC2)CC1. The highest BCUT2D eigenvalue weighted by molar-refractivity contribution is 7.14. The minimum atomic E-state index is -0.998. The van der Waals surface area contributed by atoms with E-state index in [9.17, 15) is 19.8 Å². The van der Waals surface area contributed by atoms with Crippen LogP contribution in [0.2, 0.25) is 0 Å². The van der Waals surface area contributed by atoms with Crippen LogP contribution in [0.5, 0.6) is 0 Å². The lowest BCUT2D eigenvalue weighted by Crippen LogP contribution is -2.50. The zero-order valence-electron chi connectivity index (χ0n) is 22.0. The van der Waals surface area contributed by atoms with Gasteiger partial charge in [0.25, 0.3) is 0 Å². The molecule has 0 spiro atoms. The smallest absolute Gasteiger partial charge is 0.348 e. The summed E-state index contributed by atoms with van der Waals surface area (Å²) in [6.07, 6.45) is 7.62. The molecule has 1 unspecified atom stereocenters. The van der Waals surface area contributed by atoms with Crippen molar-refractivity contribution in [2.24, 2.45) is 5.92 Å². The fourth-order valence-electron chi connectivity index (χ4n) is 5.42. The second-order valence-corrected chi connectivity index (χ2v) is 12.9. The standard InChI is InChI=1S/C28H41NO6S/c1-18-5-7-19(8-6-18)25(30)29(22-15-23(27(2,3)4)36-24(22)26(31)32)20-9-12-28(33,13-10-20)17-35-21-11-14-34-16-21/h5,15,19-21,33H,6-14,16-17H2,1-4H3,(H,31,32)/t19?,20-,21-,28+/m0/s1. The third-order valence-electron chi connectivity index (χ3n) is 7.86. The molecule has 1 saturated heterocycles. The largest absolute Gasteiger partial charge is 0.477 e. The van der Waals surface area contributed by atoms with Crippen LogP contribution in [0.25, 0.3) is 0 Å². The maximum atomic E-state index is 14.0. The molecular weight excluding hydrogens is 478 g/mol. The van der Waals surface area contributed by atoms with E-state index < -0.39 is 11.6 Å². The number of anilines is 1. The molecule has 8 heteroatoms. The summed E-state index contributed by atoms with van der Waals surface area (Å²) >= 11 is 1.27. The van der Waals surface area contributed by atoms with Gasteiger partial charge in [0.15, 0.2) is 0 Å². The van der Waals surface area contributed by atoms with Crippen molar-refractivity contribution in [2.45, 2.75) is 102 Å². The predicted molar refractivity (Wildman–Crippen MR) is 141 cm³/mol. The Morgan fingerprint density at radius 3 is 2.50 bits per heavy atom. The summed E-state index contributed by atoms with van der Waals surface area (Å²) in [7, 11) is 0. The third kappa shape index (κ3) is 6.21. The van der Waals surface area contributed by atoms with E-state index in [0.29, 0.717) is 51.0 Å². The number of amides is 1. The molecule has 1 amide bonds. The third-order valence-corrected chi connectivity index (χ3v) is 9.39. The summed E-state index contributed by atoms with van der Waals surface area (Å²) in [5, 5.41) is 21.3. The maximum absolute atomic E-state index is 14.0. The second-order valence-electron chi connectivity index (χ2n) is 11.9. The van der Waals surface area contributed by atoms with Crippen molar-refractivity contribution >= 4 is 28.9 Å². The van der Waals surface area contributed by atoms with E-state index in [2.05, 4.69) is 33.8 Å². The summed E-state index contributed by atoms with van der Waals surface area (Å²) in [4.78, 5) is 29.3. The Kier molecular flexibility index (Phi) is 8.29. The molecule has 0 bridgehead atoms. The molecule has 2 atom stereocenters. The number of aromatic carboxylic acids is 1. The summed E-state index contributed by atoms with van der Waals surface area (Å²) in [6, 6.07) is 1.76. The van der Waals surface area contributed by atoms with Crippen LogP contribution in [-0.4, -0.2) is 59.7 Å². The second kappa shape index (κ2) is 10.9. The predicted octanol–water partition coefficient (Wildman–Crippen LogP) is 5.30. The molecule has 36 heavy (non-hydrogen) atoms. The number of hydrogen-bond donors (Lipinski definition) is 2. The minimum absolute atomic E-state index is 0.00861. The fourth-order valence-corrected chi connectivity index (χ4v) is 6.47. The number of carbonyl (C=O) groups is 2. The molecule has 7 nitrogen and oxygen atoms in total. The van der Waals surface area contributed by atoms with E-state index in [0.717, 1.165) is 24.1 Å². The Labute approximate surface area is 218 Å². The number of thiophene rings is 1. The molecule has 1 saturated carbocycles. The first kappa shape index (κ1) is 27.3. The molecule has 200 valence electrons. The van der Waals surface area contributed by atoms with Crippen LogP contribution >= 0.6 is 11.3 Å². The van der Waals surface area contributed by atoms with E-state index in [4.69, 9.17) is 9.47 Å². The minimum Gasteiger partial charge on any atom is -0.477 e. The molecule has 2 fully saturated rings. The van der Waals surface area contributed by atoms with Gasteiger partial charge in [0.05, 0.1) is 30.6 Å². The normalized spacial score (nSPS) is 29.1. The van der Waals surface area contributed by atoms with Crippen molar-refractivity contribution in [1.82, 2.24) is 0 Å². The number of carboxylic acids is 1. The number of nitrogens with zero attached hydrogens (tertiary/aromatic N) is 1. The summed E-state index contributed by atoms with van der Waals surface area (Å²) in [5.74, 6) is -1.14. The van der Waals surface area contributed by atoms with Crippen molar-refractivity contribution in [3.05, 3.63) is 27.5 Å². The molecule has 2 aliphatic carbocycles. The monoisotopic (exact) mass is 519 g/mol. The van der Waals surface area contributed by atoms with Crippen molar-refractivity contribution in [1.29, 1.82) is 0 Å². The first-order valence-corrected chi connectivity index (χ1v) is 14.1. The molecule has 0 radical (unpaired) electrons. The topological polar surface area (TPSA) is 96.3 Å². The van der Waals surface area contributed by atoms with Gasteiger partial charge in [-0.2, -0.15) is 0 Å². The van der Waals surface area contributed by atoms with Crippen LogP contribution in [0.4, 0.5) is 5.69 Å². The maximum Gasteiger partial charge on any atom is 0.348 e. The number of carbonyl (C=O) groups excluding carboxylic acids is 1. The highest BCUT2D eigenvalue weighted by Gasteiger charge is 2.41. The summed E-state index contributed by atoms with van der Waals surface area (Å²) < 4.78 is 11.3. The molecular formula is C28H41NO6S. The number of aliphatic hydroxyl groups is 1. The van der Waals surface area contributed by atoms with E-state index in [1.807, 2.05) is 6.07 Å². The van der Waals surface area contributed by atoms with E-state index in [1.54, 1.807) is 4.90 Å². The summed E-state index contributed by atoms with van der Waals surface area (Å²) in [6.45, 7) is 9.81. The molecule has 1 aliphatic heterocycles. The lowest BCUT2D eigenvalue weighted by atomic mass is 9.81. The van der Waals surface area contributed by atoms with Crippen LogP contribution < -0.4 is 4.90 Å². The average Bonchev–Trinajstić information content (AvgIpc) is 3.50. The fraction of sp³-hybridized carbons (Fsp3) is 0.714. The molecule has 4 rings (SSSR count). The number of allylic oxidation sites excluding steroid dienone is 2. The molecule has 3 aliphatic rings. The van der Waals surface area contributed by atoms with Gasteiger partial charge in [-0.25, -0.2) is 4.79 Å². The van der Waals surface area contributed by atoms with Gasteiger partial charge in [0, 0.05) is 23.4 Å². The van der Waals surface area contributed by atoms with Gasteiger partial charge in [0.1, 0.15) is 4.88 Å². The Morgan fingerprint density at radius 2 is 1.94 bits per heavy atom. The zero-order chi connectivity index (χ0) is 26.1. The van der Waals surface area contributed by atoms with Crippen LogP contribution in [0.1, 0.15) is 93.6 Å². The van der Waals surface area contributed by atoms with Crippen LogP contribution in [0, 0.1) is 5.92 Å². The van der Waals surface area contributed by atoms with Gasteiger partial charge in [-0.3, -0.25) is 4.79 Å². The van der Waals surface area contributed by atoms with E-state index >= 15 is 0 Å². The van der Waals surface area contributed by atoms with Gasteiger partial charge < -0.3 is 24.6 Å². The average molecular weight is 520 g/mol. The van der Waals surface area contributed by atoms with E-state index in [1.165, 1.54) is 16.9 Å². The van der Waals surface area contributed by atoms with Gasteiger partial charge in [-0.15, -0.1) is 11.3 Å². The lowest BCUT2D eigenvalue weighted by Gasteiger charge is -2.42. The van der Waals surface area contributed by atoms with Crippen molar-refractivity contribution in [2.75, 3.05) is 24.7 Å². The van der Waals surface area contributed by atoms with Gasteiger partial charge in [-0.05, 0) is 69.8 Å². The molecule has 1 aromatic heterocycles. The quantitative estimate of drug-likeness (QED) is 0.475. The number of ether oxygens (including phenoxy) is 2. The molecule has 2 N–H and O–H groups in total. The molecule has 1 aromatic rings. The molecule has 2 heterocycles. The Hall–Kier alpha value is -1.74. The van der Waals surface area contributed by atoms with Crippen LogP contribution in [0.3, 0.4) is 0 Å². The van der Waals surface area contributed by atoms with Crippen molar-refractivity contribution in [3.8, 4) is 0 Å². The van der Waals surface area contributed by atoms with Gasteiger partial charge >= 0.3 is 5.97 Å². The number of rotatable bonds is 7. The van der Waals surface area contributed by atoms with E-state index in [-0.39, 0.29) is 40.9 Å². The van der Waals surface area contributed by atoms with Crippen molar-refractivity contribution < 1.29 is 29.3 Å². The first-order valence-electron chi connectivity index (χ1n) is 13.2. The van der Waals surface area contributed by atoms with Gasteiger partial charge in [0.2, 0.25) is 5.91 Å². The van der Waals surface area contributed by atoms with Crippen LogP contribution in [-0.2, 0) is 19.7 Å². The Bertz CT molecular complexity index is 979. The zero-order valence-corrected chi connectivity index (χ0v) is 22.9. The van der Waals surface area contributed by atoms with Crippen molar-refractivity contribution in [3.63, 3.8) is 0 Å².